The first-order chi connectivity index (χ1) is 6.69. The molecule has 0 bridgehead atoms. The monoisotopic (exact) mass is 196 g/mol. The van der Waals surface area contributed by atoms with E-state index in [-0.39, 0.29) is 12.4 Å². The molecule has 1 rings (SSSR count). The number of imidazole rings is 1. The number of esters is 1. The van der Waals surface area contributed by atoms with E-state index in [9.17, 15) is 4.79 Å². The first-order valence-electron chi connectivity index (χ1n) is 4.08. The van der Waals surface area contributed by atoms with Gasteiger partial charge < -0.3 is 14.4 Å². The van der Waals surface area contributed by atoms with Gasteiger partial charge in [0, 0.05) is 13.2 Å². The average molecular weight is 196 g/mol. The Hall–Kier alpha value is -1.62. The molecule has 1 aromatic rings. The number of hydrogen-bond acceptors (Lipinski definition) is 4. The first-order valence-corrected chi connectivity index (χ1v) is 4.08. The van der Waals surface area contributed by atoms with E-state index in [1.807, 2.05) is 0 Å². The normalized spacial score (nSPS) is 10.8. The summed E-state index contributed by atoms with van der Waals surface area (Å²) in [6.45, 7) is -0.0515. The molecule has 0 saturated carbocycles. The molecule has 0 aliphatic rings. The van der Waals surface area contributed by atoms with Gasteiger partial charge in [0.25, 0.3) is 0 Å². The molecule has 1 aromatic heterocycles. The maximum atomic E-state index is 11.1. The highest BCUT2D eigenvalue weighted by atomic mass is 16.5. The van der Waals surface area contributed by atoms with E-state index in [4.69, 9.17) is 5.11 Å². The third-order valence-electron chi connectivity index (χ3n) is 1.66. The van der Waals surface area contributed by atoms with Gasteiger partial charge >= 0.3 is 5.97 Å². The molecule has 5 heteroatoms. The lowest BCUT2D eigenvalue weighted by atomic mass is 10.4. The number of aliphatic hydroxyl groups excluding tert-OH is 1. The van der Waals surface area contributed by atoms with E-state index >= 15 is 0 Å². The average Bonchev–Trinajstić information content (AvgIpc) is 2.55. The Balaban J connectivity index is 2.93. The van der Waals surface area contributed by atoms with Gasteiger partial charge in [-0.15, -0.1) is 0 Å². The smallest absolute Gasteiger partial charge is 0.374 e. The van der Waals surface area contributed by atoms with E-state index < -0.39 is 5.97 Å². The maximum Gasteiger partial charge on any atom is 0.374 e. The van der Waals surface area contributed by atoms with Gasteiger partial charge in [-0.25, -0.2) is 9.78 Å². The lowest BCUT2D eigenvalue weighted by molar-refractivity contribution is 0.0583. The van der Waals surface area contributed by atoms with Crippen LogP contribution in [0.15, 0.2) is 12.3 Å². The number of aryl methyl sites for hydroxylation is 1. The van der Waals surface area contributed by atoms with E-state index in [2.05, 4.69) is 9.72 Å². The fourth-order valence-electron chi connectivity index (χ4n) is 1.02. The minimum atomic E-state index is -0.476. The summed E-state index contributed by atoms with van der Waals surface area (Å²) >= 11 is 0. The molecule has 76 valence electrons. The number of aromatic nitrogens is 2. The van der Waals surface area contributed by atoms with E-state index in [1.165, 1.54) is 7.11 Å². The second-order valence-electron chi connectivity index (χ2n) is 2.68. The van der Waals surface area contributed by atoms with Crippen molar-refractivity contribution >= 4 is 12.0 Å². The van der Waals surface area contributed by atoms with Crippen molar-refractivity contribution in [2.24, 2.45) is 7.05 Å². The molecule has 0 saturated heterocycles. The lowest BCUT2D eigenvalue weighted by Gasteiger charge is -1.96. The second kappa shape index (κ2) is 4.57. The van der Waals surface area contributed by atoms with Crippen molar-refractivity contribution < 1.29 is 14.6 Å². The Bertz CT molecular complexity index is 355. The zero-order valence-corrected chi connectivity index (χ0v) is 8.10. The van der Waals surface area contributed by atoms with Gasteiger partial charge in [-0.3, -0.25) is 0 Å². The molecule has 0 aliphatic heterocycles. The molecule has 0 spiro atoms. The number of ether oxygens (including phenoxy) is 1. The third-order valence-corrected chi connectivity index (χ3v) is 1.66. The van der Waals surface area contributed by atoms with Gasteiger partial charge in [-0.05, 0) is 6.08 Å². The standard InChI is InChI=1S/C9H12N2O3/c1-11-6-7(4-3-5-12)10-8(11)9(13)14-2/h3-4,6,12H,5H2,1-2H3. The Labute approximate surface area is 81.6 Å². The number of hydrogen-bond donors (Lipinski definition) is 1. The molecule has 0 radical (unpaired) electrons. The highest BCUT2D eigenvalue weighted by Crippen LogP contribution is 2.04. The number of methoxy groups -OCH3 is 1. The molecule has 14 heavy (non-hydrogen) atoms. The van der Waals surface area contributed by atoms with Gasteiger partial charge in [0.05, 0.1) is 19.4 Å². The Morgan fingerprint density at radius 3 is 3.07 bits per heavy atom. The highest BCUT2D eigenvalue weighted by molar-refractivity contribution is 5.85. The molecular formula is C9H12N2O3. The van der Waals surface area contributed by atoms with Crippen LogP contribution in [0, 0.1) is 0 Å². The van der Waals surface area contributed by atoms with Crippen LogP contribution in [0.2, 0.25) is 0 Å². The van der Waals surface area contributed by atoms with Crippen molar-refractivity contribution in [2.75, 3.05) is 13.7 Å². The van der Waals surface area contributed by atoms with Gasteiger partial charge in [0.1, 0.15) is 0 Å². The van der Waals surface area contributed by atoms with Crippen LogP contribution in [0.4, 0.5) is 0 Å². The largest absolute Gasteiger partial charge is 0.463 e. The Morgan fingerprint density at radius 2 is 2.50 bits per heavy atom. The molecule has 1 N–H and O–H groups in total. The van der Waals surface area contributed by atoms with Crippen LogP contribution in [-0.2, 0) is 11.8 Å². The van der Waals surface area contributed by atoms with Crippen molar-refractivity contribution in [1.29, 1.82) is 0 Å². The molecule has 5 nitrogen and oxygen atoms in total. The summed E-state index contributed by atoms with van der Waals surface area (Å²) in [5.74, 6) is -0.235. The predicted molar refractivity (Wildman–Crippen MR) is 50.7 cm³/mol. The minimum absolute atomic E-state index is 0.0515. The fraction of sp³-hybridized carbons (Fsp3) is 0.333. The van der Waals surface area contributed by atoms with E-state index in [1.54, 1.807) is 30.0 Å². The molecule has 0 fully saturated rings. The Morgan fingerprint density at radius 1 is 1.79 bits per heavy atom. The molecule has 0 unspecified atom stereocenters. The zero-order chi connectivity index (χ0) is 10.6. The predicted octanol–water partition coefficient (Wildman–Crippen LogP) is 0.212. The van der Waals surface area contributed by atoms with Gasteiger partial charge in [-0.2, -0.15) is 0 Å². The van der Waals surface area contributed by atoms with Crippen molar-refractivity contribution in [3.8, 4) is 0 Å². The number of rotatable bonds is 3. The van der Waals surface area contributed by atoms with Crippen LogP contribution in [0.3, 0.4) is 0 Å². The third kappa shape index (κ3) is 2.20. The summed E-state index contributed by atoms with van der Waals surface area (Å²) in [7, 11) is 3.01. The van der Waals surface area contributed by atoms with Crippen LogP contribution in [-0.4, -0.2) is 34.3 Å². The minimum Gasteiger partial charge on any atom is -0.463 e. The van der Waals surface area contributed by atoms with Crippen molar-refractivity contribution in [3.63, 3.8) is 0 Å². The molecule has 0 aliphatic carbocycles. The SMILES string of the molecule is COC(=O)c1nc(C=CCO)cn1C. The molecule has 0 amide bonds. The number of carbonyl (C=O) groups excluding carboxylic acids is 1. The summed E-state index contributed by atoms with van der Waals surface area (Å²) in [6, 6.07) is 0. The summed E-state index contributed by atoms with van der Waals surface area (Å²) in [5.41, 5.74) is 0.613. The molecule has 0 aromatic carbocycles. The molecule has 1 heterocycles. The number of nitrogens with zero attached hydrogens (tertiary/aromatic N) is 2. The maximum absolute atomic E-state index is 11.1. The van der Waals surface area contributed by atoms with Crippen LogP contribution in [0.25, 0.3) is 6.08 Å². The summed E-state index contributed by atoms with van der Waals surface area (Å²) < 4.78 is 6.11. The summed E-state index contributed by atoms with van der Waals surface area (Å²) in [6.07, 6.45) is 4.86. The van der Waals surface area contributed by atoms with E-state index in [0.29, 0.717) is 5.69 Å². The van der Waals surface area contributed by atoms with Crippen LogP contribution < -0.4 is 0 Å². The van der Waals surface area contributed by atoms with Crippen LogP contribution in [0.5, 0.6) is 0 Å². The first kappa shape index (κ1) is 10.5. The van der Waals surface area contributed by atoms with Crippen LogP contribution in [0.1, 0.15) is 16.3 Å². The van der Waals surface area contributed by atoms with Crippen molar-refractivity contribution in [1.82, 2.24) is 9.55 Å². The summed E-state index contributed by atoms with van der Waals surface area (Å²) in [5, 5.41) is 8.55. The van der Waals surface area contributed by atoms with Crippen molar-refractivity contribution in [2.45, 2.75) is 0 Å². The second-order valence-corrected chi connectivity index (χ2v) is 2.68. The Kier molecular flexibility index (Phi) is 3.41. The van der Waals surface area contributed by atoms with Crippen molar-refractivity contribution in [3.05, 3.63) is 23.8 Å². The van der Waals surface area contributed by atoms with E-state index in [0.717, 1.165) is 0 Å². The van der Waals surface area contributed by atoms with Crippen LogP contribution >= 0.6 is 0 Å². The fourth-order valence-corrected chi connectivity index (χ4v) is 1.02. The topological polar surface area (TPSA) is 64.3 Å². The molecule has 0 atom stereocenters. The number of carbonyl (C=O) groups is 1. The number of aliphatic hydroxyl groups is 1. The van der Waals surface area contributed by atoms with Gasteiger partial charge in [-0.1, -0.05) is 6.08 Å². The van der Waals surface area contributed by atoms with Gasteiger partial charge in [0.15, 0.2) is 0 Å². The highest BCUT2D eigenvalue weighted by Gasteiger charge is 2.12. The zero-order valence-electron chi connectivity index (χ0n) is 8.10. The van der Waals surface area contributed by atoms with Gasteiger partial charge in [0.2, 0.25) is 5.82 Å². The quantitative estimate of drug-likeness (QED) is 0.702. The summed E-state index contributed by atoms with van der Waals surface area (Å²) in [4.78, 5) is 15.2. The lowest BCUT2D eigenvalue weighted by Crippen LogP contribution is -2.08. The molecular weight excluding hydrogens is 184 g/mol.